The second kappa shape index (κ2) is 10.8. The minimum Gasteiger partial charge on any atom is -0.483 e. The molecule has 43 heavy (non-hydrogen) atoms. The van der Waals surface area contributed by atoms with Crippen molar-refractivity contribution in [2.24, 2.45) is 0 Å². The van der Waals surface area contributed by atoms with Gasteiger partial charge in [-0.1, -0.05) is 24.3 Å². The van der Waals surface area contributed by atoms with Crippen molar-refractivity contribution in [2.45, 2.75) is 54.9 Å². The third-order valence-electron chi connectivity index (χ3n) is 7.15. The summed E-state index contributed by atoms with van der Waals surface area (Å²) >= 11 is 1.37. The van der Waals surface area contributed by atoms with Crippen LogP contribution < -0.4 is 14.2 Å². The molecule has 2 unspecified atom stereocenters. The molecule has 0 saturated carbocycles. The molecule has 0 bridgehead atoms. The highest BCUT2D eigenvalue weighted by Gasteiger charge is 2.44. The zero-order chi connectivity index (χ0) is 30.5. The maximum atomic E-state index is 14.1. The maximum Gasteiger partial charge on any atom is 0.586 e. The number of alkyl halides is 5. The maximum absolute atomic E-state index is 14.1. The predicted octanol–water partition coefficient (Wildman–Crippen LogP) is 8.22. The van der Waals surface area contributed by atoms with Gasteiger partial charge in [0.2, 0.25) is 0 Å². The Morgan fingerprint density at radius 3 is 2.63 bits per heavy atom. The minimum absolute atomic E-state index is 0.0140. The molecule has 0 radical (unpaired) electrons. The number of halogens is 5. The summed E-state index contributed by atoms with van der Waals surface area (Å²) in [5.41, 5.74) is 0.154. The molecule has 1 aromatic heterocycles. The number of carboxylic acids is 1. The van der Waals surface area contributed by atoms with Crippen LogP contribution in [0.3, 0.4) is 0 Å². The van der Waals surface area contributed by atoms with Gasteiger partial charge in [0.05, 0.1) is 11.4 Å². The zero-order valence-electron chi connectivity index (χ0n) is 22.4. The lowest BCUT2D eigenvalue weighted by atomic mass is 9.92. The van der Waals surface area contributed by atoms with Gasteiger partial charge in [-0.3, -0.25) is 0 Å². The number of carbonyl (C=O) groups is 1. The third kappa shape index (κ3) is 5.73. The van der Waals surface area contributed by atoms with Crippen molar-refractivity contribution in [3.8, 4) is 22.9 Å². The Kier molecular flexibility index (Phi) is 7.23. The third-order valence-corrected chi connectivity index (χ3v) is 8.30. The van der Waals surface area contributed by atoms with Crippen LogP contribution in [0.15, 0.2) is 71.6 Å². The molecule has 1 aliphatic heterocycles. The van der Waals surface area contributed by atoms with Crippen LogP contribution in [-0.4, -0.2) is 27.2 Å². The summed E-state index contributed by atoms with van der Waals surface area (Å²) in [7, 11) is 0. The topological polar surface area (TPSA) is 82.8 Å². The van der Waals surface area contributed by atoms with Crippen LogP contribution in [0, 0.1) is 0 Å². The second-order valence-electron chi connectivity index (χ2n) is 10.1. The average molecular weight is 619 g/mol. The van der Waals surface area contributed by atoms with Gasteiger partial charge in [-0.15, -0.1) is 20.5 Å². The standard InChI is InChI=1S/C30H23F5N2O5S/c1-16(17-12-13-23-25(14-17)42-30(34,35)41-23)43-19-7-4-6-18(15-19)37-26-21(27(36-37)29(31,32)33)9-5-11-24(26)40-22-10-3-2-8-20(22)28(38)39/h2-4,6-8,10,12-16,24H,5,9,11H2,1H3,(H,38,39). The van der Waals surface area contributed by atoms with Crippen molar-refractivity contribution in [1.82, 2.24) is 9.78 Å². The first-order chi connectivity index (χ1) is 20.4. The van der Waals surface area contributed by atoms with E-state index in [9.17, 15) is 31.9 Å². The van der Waals surface area contributed by atoms with Crippen LogP contribution in [0.1, 0.15) is 64.0 Å². The number of ether oxygens (including phenoxy) is 3. The molecule has 0 saturated heterocycles. The molecule has 3 aromatic carbocycles. The summed E-state index contributed by atoms with van der Waals surface area (Å²) in [6, 6.07) is 17.3. The highest BCUT2D eigenvalue weighted by molar-refractivity contribution is 7.99. The van der Waals surface area contributed by atoms with Crippen molar-refractivity contribution in [3.05, 3.63) is 94.8 Å². The Hall–Kier alpha value is -4.26. The smallest absolute Gasteiger partial charge is 0.483 e. The van der Waals surface area contributed by atoms with Crippen molar-refractivity contribution >= 4 is 17.7 Å². The minimum atomic E-state index is -4.72. The van der Waals surface area contributed by atoms with Gasteiger partial charge in [-0.25, -0.2) is 9.48 Å². The van der Waals surface area contributed by atoms with E-state index in [1.165, 1.54) is 46.8 Å². The average Bonchev–Trinajstić information content (AvgIpc) is 3.50. The van der Waals surface area contributed by atoms with Gasteiger partial charge in [0, 0.05) is 15.7 Å². The number of nitrogens with zero attached hydrogens (tertiary/aromatic N) is 2. The number of para-hydroxylation sites is 1. The highest BCUT2D eigenvalue weighted by Crippen LogP contribution is 2.46. The number of rotatable bonds is 7. The Morgan fingerprint density at radius 1 is 1.09 bits per heavy atom. The molecule has 7 nitrogen and oxygen atoms in total. The molecular formula is C30H23F5N2O5S. The molecule has 0 spiro atoms. The van der Waals surface area contributed by atoms with Gasteiger partial charge in [0.15, 0.2) is 17.2 Å². The molecule has 2 aliphatic rings. The monoisotopic (exact) mass is 618 g/mol. The molecule has 0 amide bonds. The molecule has 2 heterocycles. The number of fused-ring (bicyclic) bond motifs is 2. The number of hydrogen-bond donors (Lipinski definition) is 1. The lowest BCUT2D eigenvalue weighted by Crippen LogP contribution is -2.25. The van der Waals surface area contributed by atoms with Gasteiger partial charge in [-0.2, -0.15) is 18.3 Å². The summed E-state index contributed by atoms with van der Waals surface area (Å²) in [6.07, 6.45) is -8.43. The van der Waals surface area contributed by atoms with Gasteiger partial charge in [-0.05, 0) is 74.2 Å². The number of benzene rings is 3. The quantitative estimate of drug-likeness (QED) is 0.165. The SMILES string of the molecule is CC(Sc1cccc(-n2nc(C(F)(F)F)c3c2C(Oc2ccccc2C(=O)O)CCC3)c1)c1ccc2c(c1)OC(F)(F)O2. The van der Waals surface area contributed by atoms with E-state index in [2.05, 4.69) is 14.6 Å². The van der Waals surface area contributed by atoms with E-state index in [-0.39, 0.29) is 45.7 Å². The van der Waals surface area contributed by atoms with E-state index in [0.29, 0.717) is 29.0 Å². The van der Waals surface area contributed by atoms with Crippen molar-refractivity contribution in [2.75, 3.05) is 0 Å². The Bertz CT molecular complexity index is 1710. The molecule has 224 valence electrons. The van der Waals surface area contributed by atoms with E-state index < -0.39 is 30.2 Å². The molecule has 1 aliphatic carbocycles. The highest BCUT2D eigenvalue weighted by atomic mass is 32.2. The van der Waals surface area contributed by atoms with Crippen LogP contribution in [-0.2, 0) is 12.6 Å². The first-order valence-corrected chi connectivity index (χ1v) is 14.1. The van der Waals surface area contributed by atoms with E-state index >= 15 is 0 Å². The predicted molar refractivity (Wildman–Crippen MR) is 145 cm³/mol. The molecule has 4 aromatic rings. The van der Waals surface area contributed by atoms with Crippen LogP contribution >= 0.6 is 11.8 Å². The van der Waals surface area contributed by atoms with Crippen LogP contribution in [0.2, 0.25) is 0 Å². The number of thioether (sulfide) groups is 1. The number of aromatic carboxylic acids is 1. The Balaban J connectivity index is 1.34. The lowest BCUT2D eigenvalue weighted by molar-refractivity contribution is -0.286. The molecule has 13 heteroatoms. The summed E-state index contributed by atoms with van der Waals surface area (Å²) < 4.78 is 85.7. The van der Waals surface area contributed by atoms with Crippen LogP contribution in [0.5, 0.6) is 17.2 Å². The molecule has 6 rings (SSSR count). The van der Waals surface area contributed by atoms with Gasteiger partial charge in [0.1, 0.15) is 17.4 Å². The largest absolute Gasteiger partial charge is 0.586 e. The fraction of sp³-hybridized carbons (Fsp3) is 0.267. The van der Waals surface area contributed by atoms with Gasteiger partial charge >= 0.3 is 18.4 Å². The van der Waals surface area contributed by atoms with E-state index in [0.717, 1.165) is 0 Å². The lowest BCUT2D eigenvalue weighted by Gasteiger charge is -2.26. The Morgan fingerprint density at radius 2 is 1.86 bits per heavy atom. The van der Waals surface area contributed by atoms with E-state index in [1.54, 1.807) is 36.4 Å². The summed E-state index contributed by atoms with van der Waals surface area (Å²) in [4.78, 5) is 12.4. The van der Waals surface area contributed by atoms with Crippen molar-refractivity contribution in [1.29, 1.82) is 0 Å². The summed E-state index contributed by atoms with van der Waals surface area (Å²) in [6.45, 7) is 1.86. The fourth-order valence-corrected chi connectivity index (χ4v) is 6.30. The molecule has 1 N–H and O–H groups in total. The summed E-state index contributed by atoms with van der Waals surface area (Å²) in [5, 5.41) is 13.3. The van der Waals surface area contributed by atoms with E-state index in [1.807, 2.05) is 6.92 Å². The van der Waals surface area contributed by atoms with Gasteiger partial charge < -0.3 is 19.3 Å². The summed E-state index contributed by atoms with van der Waals surface area (Å²) in [5.74, 6) is -1.32. The Labute approximate surface area is 246 Å². The normalized spacial score (nSPS) is 17.8. The molecular weight excluding hydrogens is 595 g/mol. The van der Waals surface area contributed by atoms with Crippen LogP contribution in [0.25, 0.3) is 5.69 Å². The molecule has 0 fully saturated rings. The van der Waals surface area contributed by atoms with Crippen LogP contribution in [0.4, 0.5) is 22.0 Å². The molecule has 2 atom stereocenters. The first-order valence-electron chi connectivity index (χ1n) is 13.2. The second-order valence-corrected chi connectivity index (χ2v) is 11.5. The van der Waals surface area contributed by atoms with Gasteiger partial charge in [0.25, 0.3) is 0 Å². The first kappa shape index (κ1) is 28.8. The zero-order valence-corrected chi connectivity index (χ0v) is 23.2. The van der Waals surface area contributed by atoms with Crippen molar-refractivity contribution < 1.29 is 46.1 Å². The number of carboxylic acid groups (broad SMARTS) is 1. The number of hydrogen-bond acceptors (Lipinski definition) is 6. The van der Waals surface area contributed by atoms with E-state index in [4.69, 9.17) is 4.74 Å². The van der Waals surface area contributed by atoms with Crippen molar-refractivity contribution in [3.63, 3.8) is 0 Å². The number of aromatic nitrogens is 2. The fourth-order valence-electron chi connectivity index (χ4n) is 5.26.